The molecule has 5 heteroatoms. The Morgan fingerprint density at radius 1 is 1.10 bits per heavy atom. The molecular formula is C16H27N3O2. The van der Waals surface area contributed by atoms with Gasteiger partial charge in [-0.15, -0.1) is 0 Å². The van der Waals surface area contributed by atoms with Crippen molar-refractivity contribution < 1.29 is 9.59 Å². The fourth-order valence-corrected chi connectivity index (χ4v) is 3.60. The van der Waals surface area contributed by atoms with Crippen LogP contribution in [0.25, 0.3) is 0 Å². The summed E-state index contributed by atoms with van der Waals surface area (Å²) in [6, 6.07) is 0. The van der Waals surface area contributed by atoms with Crippen LogP contribution in [-0.2, 0) is 9.59 Å². The zero-order chi connectivity index (χ0) is 15.0. The Morgan fingerprint density at radius 2 is 1.81 bits per heavy atom. The van der Waals surface area contributed by atoms with Gasteiger partial charge in [-0.1, -0.05) is 6.92 Å². The lowest BCUT2D eigenvalue weighted by Crippen LogP contribution is -2.47. The molecule has 2 heterocycles. The van der Waals surface area contributed by atoms with E-state index in [2.05, 4.69) is 6.92 Å². The van der Waals surface area contributed by atoms with Crippen LogP contribution in [0.15, 0.2) is 0 Å². The van der Waals surface area contributed by atoms with Crippen molar-refractivity contribution in [2.45, 2.75) is 39.0 Å². The van der Waals surface area contributed by atoms with E-state index in [4.69, 9.17) is 5.73 Å². The quantitative estimate of drug-likeness (QED) is 0.838. The minimum absolute atomic E-state index is 0.00146. The molecule has 1 saturated carbocycles. The number of rotatable bonds is 3. The predicted octanol–water partition coefficient (Wildman–Crippen LogP) is 0.832. The Kier molecular flexibility index (Phi) is 3.95. The van der Waals surface area contributed by atoms with Gasteiger partial charge >= 0.3 is 0 Å². The summed E-state index contributed by atoms with van der Waals surface area (Å²) >= 11 is 0. The van der Waals surface area contributed by atoms with E-state index in [0.29, 0.717) is 13.1 Å². The first kappa shape index (κ1) is 14.8. The van der Waals surface area contributed by atoms with Crippen LogP contribution in [-0.4, -0.2) is 54.3 Å². The molecule has 3 fully saturated rings. The molecule has 3 rings (SSSR count). The molecule has 1 aliphatic carbocycles. The molecule has 0 spiro atoms. The second kappa shape index (κ2) is 5.59. The first-order valence-corrected chi connectivity index (χ1v) is 8.30. The highest BCUT2D eigenvalue weighted by Gasteiger charge is 2.40. The number of piperidine rings is 1. The van der Waals surface area contributed by atoms with Crippen LogP contribution in [0, 0.1) is 17.3 Å². The average Bonchev–Trinajstić information content (AvgIpc) is 3.29. The van der Waals surface area contributed by atoms with Crippen molar-refractivity contribution in [3.05, 3.63) is 0 Å². The molecule has 2 amide bonds. The molecule has 2 atom stereocenters. The molecule has 0 radical (unpaired) electrons. The summed E-state index contributed by atoms with van der Waals surface area (Å²) in [5, 5.41) is 0. The highest BCUT2D eigenvalue weighted by Crippen LogP contribution is 2.34. The van der Waals surface area contributed by atoms with E-state index in [-0.39, 0.29) is 29.1 Å². The Labute approximate surface area is 126 Å². The number of hydrogen-bond acceptors (Lipinski definition) is 3. The first-order chi connectivity index (χ1) is 10.0. The molecule has 2 unspecified atom stereocenters. The van der Waals surface area contributed by atoms with Gasteiger partial charge in [-0.05, 0) is 44.1 Å². The van der Waals surface area contributed by atoms with Gasteiger partial charge in [0.05, 0.1) is 5.92 Å². The zero-order valence-corrected chi connectivity index (χ0v) is 13.0. The van der Waals surface area contributed by atoms with Crippen molar-refractivity contribution in [2.24, 2.45) is 23.0 Å². The molecule has 0 aromatic heterocycles. The van der Waals surface area contributed by atoms with Crippen molar-refractivity contribution >= 4 is 11.8 Å². The SMILES string of the molecule is CC1(CN)CCN(C(=O)C2CCCN(C(=O)C3CC3)C2)C1. The number of hydrogen-bond donors (Lipinski definition) is 1. The van der Waals surface area contributed by atoms with E-state index < -0.39 is 0 Å². The lowest BCUT2D eigenvalue weighted by Gasteiger charge is -2.34. The number of amides is 2. The Morgan fingerprint density at radius 3 is 2.43 bits per heavy atom. The van der Waals surface area contributed by atoms with Crippen LogP contribution >= 0.6 is 0 Å². The third kappa shape index (κ3) is 3.07. The molecular weight excluding hydrogens is 266 g/mol. The summed E-state index contributed by atoms with van der Waals surface area (Å²) in [5.74, 6) is 0.772. The molecule has 3 aliphatic rings. The van der Waals surface area contributed by atoms with Gasteiger partial charge in [0.25, 0.3) is 0 Å². The first-order valence-electron chi connectivity index (χ1n) is 8.30. The summed E-state index contributed by atoms with van der Waals surface area (Å²) in [6.45, 7) is 5.84. The van der Waals surface area contributed by atoms with Crippen LogP contribution in [0.5, 0.6) is 0 Å². The highest BCUT2D eigenvalue weighted by molar-refractivity contribution is 5.83. The largest absolute Gasteiger partial charge is 0.342 e. The molecule has 0 aromatic rings. The molecule has 5 nitrogen and oxygen atoms in total. The van der Waals surface area contributed by atoms with E-state index in [9.17, 15) is 9.59 Å². The third-order valence-corrected chi connectivity index (χ3v) is 5.37. The fraction of sp³-hybridized carbons (Fsp3) is 0.875. The maximum absolute atomic E-state index is 12.7. The van der Waals surface area contributed by atoms with Crippen molar-refractivity contribution in [1.82, 2.24) is 9.80 Å². The standard InChI is InChI=1S/C16H27N3O2/c1-16(10-17)6-8-19(11-16)15(21)13-3-2-7-18(9-13)14(20)12-4-5-12/h12-13H,2-11,17H2,1H3. The van der Waals surface area contributed by atoms with Gasteiger partial charge in [0.2, 0.25) is 11.8 Å². The van der Waals surface area contributed by atoms with Crippen LogP contribution in [0.1, 0.15) is 39.0 Å². The molecule has 0 aromatic carbocycles. The number of likely N-dealkylation sites (tertiary alicyclic amines) is 2. The minimum Gasteiger partial charge on any atom is -0.342 e. The van der Waals surface area contributed by atoms with Gasteiger partial charge in [0.15, 0.2) is 0 Å². The molecule has 2 saturated heterocycles. The van der Waals surface area contributed by atoms with Crippen LogP contribution < -0.4 is 5.73 Å². The van der Waals surface area contributed by atoms with E-state index in [1.54, 1.807) is 0 Å². The monoisotopic (exact) mass is 293 g/mol. The average molecular weight is 293 g/mol. The lowest BCUT2D eigenvalue weighted by atomic mass is 9.90. The predicted molar refractivity (Wildman–Crippen MR) is 80.4 cm³/mol. The number of carbonyl (C=O) groups is 2. The van der Waals surface area contributed by atoms with E-state index in [1.165, 1.54) is 0 Å². The Hall–Kier alpha value is -1.10. The maximum Gasteiger partial charge on any atom is 0.227 e. The number of nitrogens with zero attached hydrogens (tertiary/aromatic N) is 2. The zero-order valence-electron chi connectivity index (χ0n) is 13.0. The van der Waals surface area contributed by atoms with E-state index in [1.807, 2.05) is 9.80 Å². The second-order valence-electron chi connectivity index (χ2n) is 7.42. The fourth-order valence-electron chi connectivity index (χ4n) is 3.60. The van der Waals surface area contributed by atoms with Gasteiger partial charge in [-0.2, -0.15) is 0 Å². The van der Waals surface area contributed by atoms with Gasteiger partial charge in [-0.25, -0.2) is 0 Å². The van der Waals surface area contributed by atoms with Gasteiger partial charge in [0.1, 0.15) is 0 Å². The summed E-state index contributed by atoms with van der Waals surface area (Å²) in [6.07, 6.45) is 4.94. The molecule has 2 aliphatic heterocycles. The topological polar surface area (TPSA) is 66.6 Å². The van der Waals surface area contributed by atoms with E-state index >= 15 is 0 Å². The molecule has 21 heavy (non-hydrogen) atoms. The van der Waals surface area contributed by atoms with Gasteiger partial charge in [0, 0.05) is 32.1 Å². The van der Waals surface area contributed by atoms with Crippen LogP contribution in [0.2, 0.25) is 0 Å². The van der Waals surface area contributed by atoms with Crippen LogP contribution in [0.4, 0.5) is 0 Å². The Balaban J connectivity index is 1.58. The summed E-state index contributed by atoms with van der Waals surface area (Å²) in [5.41, 5.74) is 5.90. The van der Waals surface area contributed by atoms with Crippen LogP contribution in [0.3, 0.4) is 0 Å². The highest BCUT2D eigenvalue weighted by atomic mass is 16.2. The third-order valence-electron chi connectivity index (χ3n) is 5.37. The maximum atomic E-state index is 12.7. The second-order valence-corrected chi connectivity index (χ2v) is 7.42. The van der Waals surface area contributed by atoms with Crippen molar-refractivity contribution in [2.75, 3.05) is 32.7 Å². The lowest BCUT2D eigenvalue weighted by molar-refractivity contribution is -0.141. The molecule has 118 valence electrons. The van der Waals surface area contributed by atoms with Crippen molar-refractivity contribution in [3.8, 4) is 0 Å². The normalized spacial score (nSPS) is 33.3. The van der Waals surface area contributed by atoms with Gasteiger partial charge < -0.3 is 15.5 Å². The van der Waals surface area contributed by atoms with Crippen molar-refractivity contribution in [1.29, 1.82) is 0 Å². The Bertz CT molecular complexity index is 435. The van der Waals surface area contributed by atoms with Gasteiger partial charge in [-0.3, -0.25) is 9.59 Å². The summed E-state index contributed by atoms with van der Waals surface area (Å²) in [4.78, 5) is 28.8. The smallest absolute Gasteiger partial charge is 0.227 e. The molecule has 2 N–H and O–H groups in total. The number of nitrogens with two attached hydrogens (primary N) is 1. The number of carbonyl (C=O) groups excluding carboxylic acids is 2. The minimum atomic E-state index is 0.00146. The summed E-state index contributed by atoms with van der Waals surface area (Å²) < 4.78 is 0. The summed E-state index contributed by atoms with van der Waals surface area (Å²) in [7, 11) is 0. The van der Waals surface area contributed by atoms with Crippen molar-refractivity contribution in [3.63, 3.8) is 0 Å². The molecule has 0 bridgehead atoms. The van der Waals surface area contributed by atoms with E-state index in [0.717, 1.165) is 51.7 Å².